The van der Waals surface area contributed by atoms with Gasteiger partial charge in [-0.3, -0.25) is 9.69 Å². The number of amides is 3. The van der Waals surface area contributed by atoms with Gasteiger partial charge in [-0.05, 0) is 38.3 Å². The van der Waals surface area contributed by atoms with Crippen molar-refractivity contribution in [3.05, 3.63) is 24.3 Å². The second-order valence-electron chi connectivity index (χ2n) is 6.46. The number of likely N-dealkylation sites (tertiary alicyclic amines) is 1. The lowest BCUT2D eigenvalue weighted by molar-refractivity contribution is -0.122. The van der Waals surface area contributed by atoms with Gasteiger partial charge in [-0.2, -0.15) is 0 Å². The average molecular weight is 362 g/mol. The van der Waals surface area contributed by atoms with E-state index in [4.69, 9.17) is 4.74 Å². The van der Waals surface area contributed by atoms with E-state index >= 15 is 0 Å². The van der Waals surface area contributed by atoms with E-state index in [1.165, 1.54) is 0 Å². The summed E-state index contributed by atoms with van der Waals surface area (Å²) in [7, 11) is 0. The Labute approximate surface area is 155 Å². The van der Waals surface area contributed by atoms with Crippen LogP contribution in [0.2, 0.25) is 0 Å². The van der Waals surface area contributed by atoms with E-state index in [-0.39, 0.29) is 18.0 Å². The summed E-state index contributed by atoms with van der Waals surface area (Å²) in [6.07, 6.45) is 2.63. The third-order valence-electron chi connectivity index (χ3n) is 4.27. The third kappa shape index (κ3) is 6.92. The number of nitrogens with one attached hydrogen (secondary N) is 3. The number of carbonyl (C=O) groups is 2. The van der Waals surface area contributed by atoms with Crippen LogP contribution in [0.4, 0.5) is 10.5 Å². The summed E-state index contributed by atoms with van der Waals surface area (Å²) in [6.45, 7) is 7.33. The summed E-state index contributed by atoms with van der Waals surface area (Å²) < 4.78 is 5.44. The number of benzene rings is 1. The van der Waals surface area contributed by atoms with Gasteiger partial charge in [0.25, 0.3) is 0 Å². The van der Waals surface area contributed by atoms with Crippen LogP contribution in [0, 0.1) is 0 Å². The Balaban J connectivity index is 1.71. The number of urea groups is 1. The van der Waals surface area contributed by atoms with Crippen molar-refractivity contribution in [2.45, 2.75) is 39.2 Å². The molecule has 0 unspecified atom stereocenters. The minimum atomic E-state index is -0.210. The first-order valence-corrected chi connectivity index (χ1v) is 9.40. The van der Waals surface area contributed by atoms with E-state index in [0.717, 1.165) is 44.6 Å². The molecule has 1 aromatic rings. The molecule has 1 saturated heterocycles. The van der Waals surface area contributed by atoms with Crippen LogP contribution in [0.3, 0.4) is 0 Å². The molecule has 26 heavy (non-hydrogen) atoms. The molecule has 1 aliphatic heterocycles. The lowest BCUT2D eigenvalue weighted by atomic mass is 10.1. The lowest BCUT2D eigenvalue weighted by Crippen LogP contribution is -2.48. The summed E-state index contributed by atoms with van der Waals surface area (Å²) in [5.74, 6) is 0.810. The SMILES string of the molecule is CCCNC(=O)CN1CCC(NC(=O)Nc2cccc(OCC)c2)CC1. The molecule has 7 nitrogen and oxygen atoms in total. The maximum absolute atomic E-state index is 12.2. The molecule has 1 aliphatic rings. The molecule has 144 valence electrons. The molecule has 1 fully saturated rings. The summed E-state index contributed by atoms with van der Waals surface area (Å²) in [6, 6.07) is 7.26. The lowest BCUT2D eigenvalue weighted by Gasteiger charge is -2.31. The molecule has 0 radical (unpaired) electrons. The van der Waals surface area contributed by atoms with E-state index in [2.05, 4.69) is 20.9 Å². The zero-order valence-electron chi connectivity index (χ0n) is 15.7. The molecule has 0 spiro atoms. The largest absolute Gasteiger partial charge is 0.494 e. The maximum atomic E-state index is 12.2. The monoisotopic (exact) mass is 362 g/mol. The number of hydrogen-bond donors (Lipinski definition) is 3. The summed E-state index contributed by atoms with van der Waals surface area (Å²) in [4.78, 5) is 26.1. The molecule has 2 rings (SSSR count). The molecule has 3 N–H and O–H groups in total. The van der Waals surface area contributed by atoms with Crippen molar-refractivity contribution in [3.8, 4) is 5.75 Å². The highest BCUT2D eigenvalue weighted by Gasteiger charge is 2.22. The normalized spacial score (nSPS) is 15.3. The van der Waals surface area contributed by atoms with E-state index in [1.54, 1.807) is 6.07 Å². The predicted molar refractivity (Wildman–Crippen MR) is 103 cm³/mol. The summed E-state index contributed by atoms with van der Waals surface area (Å²) in [5, 5.41) is 8.75. The number of hydrogen-bond acceptors (Lipinski definition) is 4. The Morgan fingerprint density at radius 2 is 2.00 bits per heavy atom. The van der Waals surface area contributed by atoms with Gasteiger partial charge in [0.1, 0.15) is 5.75 Å². The number of piperidine rings is 1. The van der Waals surface area contributed by atoms with E-state index in [1.807, 2.05) is 32.0 Å². The summed E-state index contributed by atoms with van der Waals surface area (Å²) >= 11 is 0. The smallest absolute Gasteiger partial charge is 0.319 e. The second-order valence-corrected chi connectivity index (χ2v) is 6.46. The molecule has 3 amide bonds. The van der Waals surface area contributed by atoms with Crippen molar-refractivity contribution < 1.29 is 14.3 Å². The number of carbonyl (C=O) groups excluding carboxylic acids is 2. The first kappa shape index (κ1) is 20.0. The van der Waals surface area contributed by atoms with Crippen molar-refractivity contribution >= 4 is 17.6 Å². The molecule has 1 heterocycles. The zero-order chi connectivity index (χ0) is 18.8. The van der Waals surface area contributed by atoms with Crippen LogP contribution in [0.5, 0.6) is 5.75 Å². The molecule has 7 heteroatoms. The maximum Gasteiger partial charge on any atom is 0.319 e. The van der Waals surface area contributed by atoms with Crippen LogP contribution in [0.1, 0.15) is 33.1 Å². The Morgan fingerprint density at radius 1 is 1.23 bits per heavy atom. The highest BCUT2D eigenvalue weighted by Crippen LogP contribution is 2.17. The van der Waals surface area contributed by atoms with Gasteiger partial charge in [-0.15, -0.1) is 0 Å². The van der Waals surface area contributed by atoms with Crippen LogP contribution >= 0.6 is 0 Å². The quantitative estimate of drug-likeness (QED) is 0.662. The van der Waals surface area contributed by atoms with Gasteiger partial charge in [-0.25, -0.2) is 4.79 Å². The minimum Gasteiger partial charge on any atom is -0.494 e. The van der Waals surface area contributed by atoms with Crippen molar-refractivity contribution in [2.24, 2.45) is 0 Å². The van der Waals surface area contributed by atoms with Gasteiger partial charge in [0.15, 0.2) is 0 Å². The molecule has 0 bridgehead atoms. The molecule has 0 aromatic heterocycles. The fourth-order valence-electron chi connectivity index (χ4n) is 2.94. The van der Waals surface area contributed by atoms with Gasteiger partial charge in [0.05, 0.1) is 13.2 Å². The highest BCUT2D eigenvalue weighted by atomic mass is 16.5. The van der Waals surface area contributed by atoms with Crippen LogP contribution < -0.4 is 20.7 Å². The van der Waals surface area contributed by atoms with Gasteiger partial charge in [-0.1, -0.05) is 13.0 Å². The number of rotatable bonds is 8. The Kier molecular flexibility index (Phi) is 8.21. The third-order valence-corrected chi connectivity index (χ3v) is 4.27. The Bertz CT molecular complexity index is 586. The van der Waals surface area contributed by atoms with Crippen molar-refractivity contribution in [3.63, 3.8) is 0 Å². The molecule has 0 atom stereocenters. The predicted octanol–water partition coefficient (Wildman–Crippen LogP) is 2.20. The van der Waals surface area contributed by atoms with E-state index in [0.29, 0.717) is 18.8 Å². The molecular weight excluding hydrogens is 332 g/mol. The van der Waals surface area contributed by atoms with Crippen LogP contribution in [-0.2, 0) is 4.79 Å². The first-order valence-electron chi connectivity index (χ1n) is 9.40. The Hall–Kier alpha value is -2.28. The average Bonchev–Trinajstić information content (AvgIpc) is 2.62. The topological polar surface area (TPSA) is 82.7 Å². The molecule has 0 aliphatic carbocycles. The fraction of sp³-hybridized carbons (Fsp3) is 0.579. The number of nitrogens with zero attached hydrogens (tertiary/aromatic N) is 1. The number of anilines is 1. The summed E-state index contributed by atoms with van der Waals surface area (Å²) in [5.41, 5.74) is 0.707. The van der Waals surface area contributed by atoms with Crippen molar-refractivity contribution in [2.75, 3.05) is 38.1 Å². The second kappa shape index (κ2) is 10.7. The number of ether oxygens (including phenoxy) is 1. The van der Waals surface area contributed by atoms with Crippen molar-refractivity contribution in [1.82, 2.24) is 15.5 Å². The fourth-order valence-corrected chi connectivity index (χ4v) is 2.94. The van der Waals surface area contributed by atoms with Gasteiger partial charge in [0, 0.05) is 37.4 Å². The molecular formula is C19H30N4O3. The van der Waals surface area contributed by atoms with Gasteiger partial charge < -0.3 is 20.7 Å². The molecule has 0 saturated carbocycles. The van der Waals surface area contributed by atoms with Gasteiger partial charge >= 0.3 is 6.03 Å². The van der Waals surface area contributed by atoms with Crippen LogP contribution in [0.25, 0.3) is 0 Å². The standard InChI is InChI=1S/C19H30N4O3/c1-3-10-20-18(24)14-23-11-8-15(9-12-23)21-19(25)22-16-6-5-7-17(13-16)26-4-2/h5-7,13,15H,3-4,8-12,14H2,1-2H3,(H,20,24)(H2,21,22,25). The van der Waals surface area contributed by atoms with Crippen LogP contribution in [-0.4, -0.2) is 55.7 Å². The van der Waals surface area contributed by atoms with E-state index < -0.39 is 0 Å². The van der Waals surface area contributed by atoms with Gasteiger partial charge in [0.2, 0.25) is 5.91 Å². The minimum absolute atomic E-state index is 0.0742. The van der Waals surface area contributed by atoms with Crippen LogP contribution in [0.15, 0.2) is 24.3 Å². The van der Waals surface area contributed by atoms with E-state index in [9.17, 15) is 9.59 Å². The highest BCUT2D eigenvalue weighted by molar-refractivity contribution is 5.89. The Morgan fingerprint density at radius 3 is 2.69 bits per heavy atom. The van der Waals surface area contributed by atoms with Crippen molar-refractivity contribution in [1.29, 1.82) is 0 Å². The first-order chi connectivity index (χ1) is 12.6. The zero-order valence-corrected chi connectivity index (χ0v) is 15.7. The molecule has 1 aromatic carbocycles.